The first-order valence-corrected chi connectivity index (χ1v) is 18.7. The molecule has 3 heteroatoms. The van der Waals surface area contributed by atoms with Crippen LogP contribution < -0.4 is 4.90 Å². The van der Waals surface area contributed by atoms with Crippen molar-refractivity contribution in [1.82, 2.24) is 0 Å². The highest BCUT2D eigenvalue weighted by atomic mass is 16.3. The standard InChI is InChI=1S/C52H33NO2/c1-2-11-34(12-3-1)35-23-27-40(28-24-35)53(41-29-25-36(26-30-41)43-16-10-17-46-44-14-5-9-20-50(44)55-52(43)46)48-18-7-4-13-42(48)38-22-21-37-33-51-47(32-39(37)31-38)45-15-6-8-19-49(45)54-51/h1-33H. The Labute approximate surface area is 317 Å². The van der Waals surface area contributed by atoms with E-state index in [0.29, 0.717) is 0 Å². The van der Waals surface area contributed by atoms with Gasteiger partial charge in [0.2, 0.25) is 0 Å². The molecule has 2 aromatic heterocycles. The maximum absolute atomic E-state index is 6.42. The second-order valence-electron chi connectivity index (χ2n) is 14.1. The Kier molecular flexibility index (Phi) is 7.17. The van der Waals surface area contributed by atoms with Crippen molar-refractivity contribution >= 4 is 71.7 Å². The molecule has 0 atom stereocenters. The lowest BCUT2D eigenvalue weighted by molar-refractivity contribution is 0.669. The van der Waals surface area contributed by atoms with E-state index in [0.717, 1.165) is 88.6 Å². The molecule has 0 aliphatic carbocycles. The van der Waals surface area contributed by atoms with E-state index in [1.165, 1.54) is 16.5 Å². The average molecular weight is 704 g/mol. The highest BCUT2D eigenvalue weighted by molar-refractivity contribution is 6.11. The highest BCUT2D eigenvalue weighted by Gasteiger charge is 2.19. The zero-order valence-corrected chi connectivity index (χ0v) is 29.8. The lowest BCUT2D eigenvalue weighted by Gasteiger charge is -2.28. The molecule has 0 saturated heterocycles. The van der Waals surface area contributed by atoms with Crippen molar-refractivity contribution in [2.45, 2.75) is 0 Å². The predicted octanol–water partition coefficient (Wildman–Crippen LogP) is 15.1. The lowest BCUT2D eigenvalue weighted by Crippen LogP contribution is -2.11. The van der Waals surface area contributed by atoms with Crippen molar-refractivity contribution in [3.63, 3.8) is 0 Å². The monoisotopic (exact) mass is 703 g/mol. The number of hydrogen-bond acceptors (Lipinski definition) is 3. The Hall–Kier alpha value is -7.36. The van der Waals surface area contributed by atoms with Crippen LogP contribution in [0.15, 0.2) is 209 Å². The third-order valence-corrected chi connectivity index (χ3v) is 10.9. The van der Waals surface area contributed by atoms with E-state index in [1.807, 2.05) is 24.3 Å². The highest BCUT2D eigenvalue weighted by Crippen LogP contribution is 2.44. The van der Waals surface area contributed by atoms with E-state index >= 15 is 0 Å². The minimum Gasteiger partial charge on any atom is -0.456 e. The molecule has 0 amide bonds. The van der Waals surface area contributed by atoms with E-state index in [1.54, 1.807) is 0 Å². The Morgan fingerprint density at radius 1 is 0.309 bits per heavy atom. The largest absolute Gasteiger partial charge is 0.456 e. The molecule has 0 aliphatic heterocycles. The van der Waals surface area contributed by atoms with Crippen molar-refractivity contribution in [2.24, 2.45) is 0 Å². The van der Waals surface area contributed by atoms with Crippen molar-refractivity contribution < 1.29 is 8.83 Å². The molecule has 0 saturated carbocycles. The summed E-state index contributed by atoms with van der Waals surface area (Å²) in [4.78, 5) is 2.37. The number of benzene rings is 9. The van der Waals surface area contributed by atoms with Gasteiger partial charge in [-0.1, -0.05) is 140 Å². The van der Waals surface area contributed by atoms with Gasteiger partial charge < -0.3 is 13.7 Å². The summed E-state index contributed by atoms with van der Waals surface area (Å²) >= 11 is 0. The first-order chi connectivity index (χ1) is 27.2. The Bertz CT molecular complexity index is 3190. The molecule has 11 rings (SSSR count). The summed E-state index contributed by atoms with van der Waals surface area (Å²) in [6.45, 7) is 0. The molecule has 3 nitrogen and oxygen atoms in total. The van der Waals surface area contributed by atoms with Crippen LogP contribution in [-0.2, 0) is 0 Å². The van der Waals surface area contributed by atoms with E-state index in [2.05, 4.69) is 181 Å². The molecule has 0 radical (unpaired) electrons. The normalized spacial score (nSPS) is 11.6. The summed E-state index contributed by atoms with van der Waals surface area (Å²) in [5, 5.41) is 6.85. The molecule has 0 fully saturated rings. The quantitative estimate of drug-likeness (QED) is 0.173. The van der Waals surface area contributed by atoms with Gasteiger partial charge in [-0.15, -0.1) is 0 Å². The van der Waals surface area contributed by atoms with Crippen molar-refractivity contribution in [3.05, 3.63) is 200 Å². The lowest BCUT2D eigenvalue weighted by atomic mass is 9.97. The van der Waals surface area contributed by atoms with Gasteiger partial charge >= 0.3 is 0 Å². The van der Waals surface area contributed by atoms with Gasteiger partial charge in [0.1, 0.15) is 22.3 Å². The molecule has 9 aromatic carbocycles. The van der Waals surface area contributed by atoms with Crippen LogP contribution in [0.25, 0.3) is 88.0 Å². The average Bonchev–Trinajstić information content (AvgIpc) is 3.82. The molecule has 0 N–H and O–H groups in total. The number of hydrogen-bond donors (Lipinski definition) is 0. The van der Waals surface area contributed by atoms with Gasteiger partial charge in [-0.05, 0) is 93.7 Å². The molecule has 0 unspecified atom stereocenters. The molecule has 2 heterocycles. The maximum atomic E-state index is 6.42. The van der Waals surface area contributed by atoms with Crippen molar-refractivity contribution in [2.75, 3.05) is 4.90 Å². The number of fused-ring (bicyclic) bond motifs is 7. The molecule has 258 valence electrons. The zero-order chi connectivity index (χ0) is 36.3. The van der Waals surface area contributed by atoms with Crippen LogP contribution in [0, 0.1) is 0 Å². The van der Waals surface area contributed by atoms with Crippen LogP contribution in [0.5, 0.6) is 0 Å². The van der Waals surface area contributed by atoms with E-state index in [-0.39, 0.29) is 0 Å². The zero-order valence-electron chi connectivity index (χ0n) is 29.8. The van der Waals surface area contributed by atoms with Gasteiger partial charge in [-0.3, -0.25) is 0 Å². The Morgan fingerprint density at radius 2 is 0.891 bits per heavy atom. The van der Waals surface area contributed by atoms with Crippen LogP contribution in [0.4, 0.5) is 17.1 Å². The fraction of sp³-hybridized carbons (Fsp3) is 0. The predicted molar refractivity (Wildman–Crippen MR) is 229 cm³/mol. The number of anilines is 3. The van der Waals surface area contributed by atoms with Gasteiger partial charge in [-0.25, -0.2) is 0 Å². The summed E-state index contributed by atoms with van der Waals surface area (Å²) in [6, 6.07) is 71.1. The van der Waals surface area contributed by atoms with Crippen LogP contribution in [0.3, 0.4) is 0 Å². The first-order valence-electron chi connectivity index (χ1n) is 18.7. The van der Waals surface area contributed by atoms with E-state index in [4.69, 9.17) is 8.83 Å². The fourth-order valence-corrected chi connectivity index (χ4v) is 8.17. The van der Waals surface area contributed by atoms with Crippen LogP contribution in [0.1, 0.15) is 0 Å². The summed E-state index contributed by atoms with van der Waals surface area (Å²) in [5.74, 6) is 0. The summed E-state index contributed by atoms with van der Waals surface area (Å²) in [7, 11) is 0. The van der Waals surface area contributed by atoms with Crippen LogP contribution in [-0.4, -0.2) is 0 Å². The van der Waals surface area contributed by atoms with Gasteiger partial charge in [0.25, 0.3) is 0 Å². The van der Waals surface area contributed by atoms with Crippen molar-refractivity contribution in [3.8, 4) is 33.4 Å². The van der Waals surface area contributed by atoms with Gasteiger partial charge in [0, 0.05) is 44.0 Å². The molecular weight excluding hydrogens is 671 g/mol. The third-order valence-electron chi connectivity index (χ3n) is 10.9. The molecule has 11 aromatic rings. The SMILES string of the molecule is c1ccc(-c2ccc(N(c3ccc(-c4cccc5c4oc4ccccc45)cc3)c3ccccc3-c3ccc4cc5oc6ccccc6c5cc4c3)cc2)cc1. The number of nitrogens with zero attached hydrogens (tertiary/aromatic N) is 1. The second kappa shape index (κ2) is 12.6. The molecule has 55 heavy (non-hydrogen) atoms. The maximum Gasteiger partial charge on any atom is 0.143 e. The molecule has 0 spiro atoms. The van der Waals surface area contributed by atoms with Gasteiger partial charge in [0.15, 0.2) is 0 Å². The Morgan fingerprint density at radius 3 is 1.67 bits per heavy atom. The molecule has 0 aliphatic rings. The van der Waals surface area contributed by atoms with E-state index < -0.39 is 0 Å². The minimum absolute atomic E-state index is 0.902. The van der Waals surface area contributed by atoms with Gasteiger partial charge in [0.05, 0.1) is 5.69 Å². The smallest absolute Gasteiger partial charge is 0.143 e. The summed E-state index contributed by atoms with van der Waals surface area (Å²) in [6.07, 6.45) is 0. The summed E-state index contributed by atoms with van der Waals surface area (Å²) in [5.41, 5.74) is 13.7. The van der Waals surface area contributed by atoms with Gasteiger partial charge in [-0.2, -0.15) is 0 Å². The first kappa shape index (κ1) is 31.2. The van der Waals surface area contributed by atoms with Crippen LogP contribution in [0.2, 0.25) is 0 Å². The summed E-state index contributed by atoms with van der Waals surface area (Å²) < 4.78 is 12.6. The molecule has 0 bridgehead atoms. The fourth-order valence-electron chi connectivity index (χ4n) is 8.17. The number of para-hydroxylation sites is 4. The Balaban J connectivity index is 1.05. The minimum atomic E-state index is 0.902. The number of furan rings is 2. The van der Waals surface area contributed by atoms with Crippen molar-refractivity contribution in [1.29, 1.82) is 0 Å². The third kappa shape index (κ3) is 5.28. The van der Waals surface area contributed by atoms with Crippen LogP contribution >= 0.6 is 0 Å². The number of rotatable bonds is 6. The topological polar surface area (TPSA) is 29.5 Å². The molecular formula is C52H33NO2. The van der Waals surface area contributed by atoms with E-state index in [9.17, 15) is 0 Å². The second-order valence-corrected chi connectivity index (χ2v) is 14.1.